The summed E-state index contributed by atoms with van der Waals surface area (Å²) < 4.78 is 13.7. The number of nitrogens with zero attached hydrogens (tertiary/aromatic N) is 2. The van der Waals surface area contributed by atoms with Crippen LogP contribution in [0.4, 0.5) is 10.1 Å². The summed E-state index contributed by atoms with van der Waals surface area (Å²) in [6.07, 6.45) is 3.75. The zero-order valence-electron chi connectivity index (χ0n) is 11.2. The molecule has 3 rings (SSSR count). The minimum absolute atomic E-state index is 0.229. The monoisotopic (exact) mass is 264 g/mol. The van der Waals surface area contributed by atoms with Crippen molar-refractivity contribution < 1.29 is 9.50 Å². The number of aliphatic hydroxyl groups excluding tert-OH is 1. The van der Waals surface area contributed by atoms with Gasteiger partial charge in [0.15, 0.2) is 0 Å². The topological polar surface area (TPSA) is 26.7 Å². The van der Waals surface area contributed by atoms with Gasteiger partial charge in [0.25, 0.3) is 0 Å². The molecule has 1 unspecified atom stereocenters. The fourth-order valence-corrected chi connectivity index (χ4v) is 3.37. The predicted molar refractivity (Wildman–Crippen MR) is 73.7 cm³/mol. The number of likely N-dealkylation sites (tertiary alicyclic amines) is 1. The van der Waals surface area contributed by atoms with E-state index in [-0.39, 0.29) is 12.4 Å². The lowest BCUT2D eigenvalue weighted by Gasteiger charge is -2.25. The highest BCUT2D eigenvalue weighted by Crippen LogP contribution is 2.29. The van der Waals surface area contributed by atoms with Crippen molar-refractivity contribution in [3.63, 3.8) is 0 Å². The van der Waals surface area contributed by atoms with Crippen molar-refractivity contribution in [1.29, 1.82) is 0 Å². The molecule has 0 aromatic heterocycles. The quantitative estimate of drug-likeness (QED) is 0.904. The van der Waals surface area contributed by atoms with E-state index in [0.717, 1.165) is 25.2 Å². The van der Waals surface area contributed by atoms with E-state index in [4.69, 9.17) is 0 Å². The van der Waals surface area contributed by atoms with Gasteiger partial charge in [-0.15, -0.1) is 0 Å². The summed E-state index contributed by atoms with van der Waals surface area (Å²) in [4.78, 5) is 4.77. The number of hydrogen-bond acceptors (Lipinski definition) is 3. The maximum absolute atomic E-state index is 13.7. The smallest absolute Gasteiger partial charge is 0.130 e. The van der Waals surface area contributed by atoms with Crippen LogP contribution in [0.25, 0.3) is 0 Å². The Kier molecular flexibility index (Phi) is 3.71. The fourth-order valence-electron chi connectivity index (χ4n) is 3.37. The summed E-state index contributed by atoms with van der Waals surface area (Å²) >= 11 is 0. The van der Waals surface area contributed by atoms with Gasteiger partial charge in [0.1, 0.15) is 5.82 Å². The molecule has 19 heavy (non-hydrogen) atoms. The number of rotatable bonds is 3. The molecule has 0 aliphatic carbocycles. The van der Waals surface area contributed by atoms with Crippen LogP contribution in [-0.2, 0) is 6.61 Å². The van der Waals surface area contributed by atoms with Gasteiger partial charge in [0, 0.05) is 30.4 Å². The standard InChI is InChI=1S/C15H21FN2O/c16-14-4-3-5-15(13(14)11-19)18-9-6-12(10-18)17-7-1-2-8-17/h3-5,12,19H,1-2,6-11H2. The number of hydrogen-bond donors (Lipinski definition) is 1. The summed E-state index contributed by atoms with van der Waals surface area (Å²) in [5, 5.41) is 9.36. The first-order valence-electron chi connectivity index (χ1n) is 7.17. The normalized spacial score (nSPS) is 24.3. The molecule has 1 aromatic carbocycles. The molecule has 104 valence electrons. The molecule has 3 nitrogen and oxygen atoms in total. The van der Waals surface area contributed by atoms with Crippen molar-refractivity contribution in [1.82, 2.24) is 4.90 Å². The number of halogens is 1. The molecular formula is C15H21FN2O. The van der Waals surface area contributed by atoms with Crippen molar-refractivity contribution in [2.24, 2.45) is 0 Å². The molecular weight excluding hydrogens is 243 g/mol. The summed E-state index contributed by atoms with van der Waals surface area (Å²) in [6, 6.07) is 5.66. The van der Waals surface area contributed by atoms with Gasteiger partial charge in [-0.2, -0.15) is 0 Å². The summed E-state index contributed by atoms with van der Waals surface area (Å²) in [7, 11) is 0. The summed E-state index contributed by atoms with van der Waals surface area (Å²) in [5.41, 5.74) is 1.30. The predicted octanol–water partition coefficient (Wildman–Crippen LogP) is 1.99. The second kappa shape index (κ2) is 5.47. The molecule has 0 saturated carbocycles. The largest absolute Gasteiger partial charge is 0.391 e. The van der Waals surface area contributed by atoms with E-state index in [1.807, 2.05) is 6.07 Å². The van der Waals surface area contributed by atoms with Gasteiger partial charge in [0.2, 0.25) is 0 Å². The van der Waals surface area contributed by atoms with E-state index >= 15 is 0 Å². The van der Waals surface area contributed by atoms with Crippen LogP contribution in [0.5, 0.6) is 0 Å². The average molecular weight is 264 g/mol. The zero-order chi connectivity index (χ0) is 13.2. The molecule has 0 bridgehead atoms. The van der Waals surface area contributed by atoms with Crippen molar-refractivity contribution in [2.75, 3.05) is 31.1 Å². The van der Waals surface area contributed by atoms with E-state index in [1.54, 1.807) is 6.07 Å². The van der Waals surface area contributed by atoms with E-state index in [9.17, 15) is 9.50 Å². The second-order valence-corrected chi connectivity index (χ2v) is 5.53. The first-order chi connectivity index (χ1) is 9.29. The molecule has 1 atom stereocenters. The third-order valence-electron chi connectivity index (χ3n) is 4.41. The Balaban J connectivity index is 1.75. The zero-order valence-corrected chi connectivity index (χ0v) is 11.2. The first kappa shape index (κ1) is 12.9. The third kappa shape index (κ3) is 2.47. The first-order valence-corrected chi connectivity index (χ1v) is 7.17. The molecule has 1 N–H and O–H groups in total. The summed E-state index contributed by atoms with van der Waals surface area (Å²) in [5.74, 6) is -0.301. The van der Waals surface area contributed by atoms with Gasteiger partial charge in [-0.1, -0.05) is 6.07 Å². The van der Waals surface area contributed by atoms with Gasteiger partial charge in [-0.25, -0.2) is 4.39 Å². The number of benzene rings is 1. The van der Waals surface area contributed by atoms with E-state index in [0.29, 0.717) is 11.6 Å². The van der Waals surface area contributed by atoms with Gasteiger partial charge < -0.3 is 10.0 Å². The Morgan fingerprint density at radius 2 is 2.00 bits per heavy atom. The lowest BCUT2D eigenvalue weighted by atomic mass is 10.1. The average Bonchev–Trinajstić information content (AvgIpc) is 3.09. The Hall–Kier alpha value is -1.13. The van der Waals surface area contributed by atoms with Crippen molar-refractivity contribution in [3.8, 4) is 0 Å². The van der Waals surface area contributed by atoms with Gasteiger partial charge in [0.05, 0.1) is 6.61 Å². The van der Waals surface area contributed by atoms with E-state index in [2.05, 4.69) is 9.80 Å². The Bertz CT molecular complexity index is 446. The molecule has 1 aromatic rings. The van der Waals surface area contributed by atoms with E-state index in [1.165, 1.54) is 32.0 Å². The maximum atomic E-state index is 13.7. The highest BCUT2D eigenvalue weighted by molar-refractivity contribution is 5.55. The Morgan fingerprint density at radius 1 is 1.21 bits per heavy atom. The highest BCUT2D eigenvalue weighted by atomic mass is 19.1. The minimum atomic E-state index is -0.301. The molecule has 0 radical (unpaired) electrons. The molecule has 2 fully saturated rings. The SMILES string of the molecule is OCc1c(F)cccc1N1CCC(N2CCCC2)C1. The molecule has 2 aliphatic rings. The van der Waals surface area contributed by atoms with Crippen LogP contribution in [0.2, 0.25) is 0 Å². The van der Waals surface area contributed by atoms with Crippen molar-refractivity contribution in [3.05, 3.63) is 29.6 Å². The van der Waals surface area contributed by atoms with Crippen LogP contribution < -0.4 is 4.90 Å². The fraction of sp³-hybridized carbons (Fsp3) is 0.600. The molecule has 2 saturated heterocycles. The Morgan fingerprint density at radius 3 is 2.74 bits per heavy atom. The van der Waals surface area contributed by atoms with Gasteiger partial charge >= 0.3 is 0 Å². The van der Waals surface area contributed by atoms with Gasteiger partial charge in [-0.3, -0.25) is 4.90 Å². The van der Waals surface area contributed by atoms with Crippen molar-refractivity contribution in [2.45, 2.75) is 31.9 Å². The molecule has 4 heteroatoms. The van der Waals surface area contributed by atoms with Crippen LogP contribution in [0.3, 0.4) is 0 Å². The summed E-state index contributed by atoms with van der Waals surface area (Å²) in [6.45, 7) is 4.09. The van der Waals surface area contributed by atoms with E-state index < -0.39 is 0 Å². The van der Waals surface area contributed by atoms with Crippen LogP contribution in [-0.4, -0.2) is 42.2 Å². The molecule has 0 spiro atoms. The third-order valence-corrected chi connectivity index (χ3v) is 4.41. The molecule has 2 heterocycles. The molecule has 0 amide bonds. The number of aliphatic hydroxyl groups is 1. The van der Waals surface area contributed by atoms with Crippen molar-refractivity contribution >= 4 is 5.69 Å². The van der Waals surface area contributed by atoms with Crippen LogP contribution in [0, 0.1) is 5.82 Å². The van der Waals surface area contributed by atoms with Crippen LogP contribution in [0.1, 0.15) is 24.8 Å². The second-order valence-electron chi connectivity index (χ2n) is 5.53. The Labute approximate surface area is 113 Å². The minimum Gasteiger partial charge on any atom is -0.391 e. The van der Waals surface area contributed by atoms with Crippen LogP contribution in [0.15, 0.2) is 18.2 Å². The maximum Gasteiger partial charge on any atom is 0.130 e. The highest BCUT2D eigenvalue weighted by Gasteiger charge is 2.30. The van der Waals surface area contributed by atoms with Crippen LogP contribution >= 0.6 is 0 Å². The lowest BCUT2D eigenvalue weighted by molar-refractivity contribution is 0.260. The molecule has 2 aliphatic heterocycles. The number of anilines is 1. The lowest BCUT2D eigenvalue weighted by Crippen LogP contribution is -2.35. The van der Waals surface area contributed by atoms with Gasteiger partial charge in [-0.05, 0) is 44.5 Å².